The summed E-state index contributed by atoms with van der Waals surface area (Å²) in [5.41, 5.74) is 11.2. The number of aliphatic imine (C=N–C) groups is 5. The van der Waals surface area contributed by atoms with Gasteiger partial charge in [0.2, 0.25) is 0 Å². The topological polar surface area (TPSA) is 112 Å². The zero-order valence-corrected chi connectivity index (χ0v) is 16.2. The predicted octanol–water partition coefficient (Wildman–Crippen LogP) is 3.14. The van der Waals surface area contributed by atoms with E-state index in [9.17, 15) is 0 Å². The highest BCUT2D eigenvalue weighted by atomic mass is 15.1. The smallest absolute Gasteiger partial charge is 0.164 e. The second kappa shape index (κ2) is 6.50. The van der Waals surface area contributed by atoms with Crippen LogP contribution in [0.1, 0.15) is 33.4 Å². The molecule has 3 aromatic rings. The van der Waals surface area contributed by atoms with Crippen molar-refractivity contribution in [2.45, 2.75) is 0 Å². The zero-order chi connectivity index (χ0) is 20.9. The van der Waals surface area contributed by atoms with Gasteiger partial charge in [-0.05, 0) is 0 Å². The second-order valence-corrected chi connectivity index (χ2v) is 7.22. The molecule has 3 aliphatic heterocycles. The van der Waals surface area contributed by atoms with E-state index < -0.39 is 0 Å². The number of nitrogens with one attached hydrogen (secondary N) is 1. The molecular formula is C24H15N7. The Hall–Kier alpha value is -4.52. The van der Waals surface area contributed by atoms with Crippen LogP contribution in [0.3, 0.4) is 0 Å². The SMILES string of the molecule is N=C1N=C(N=C2N=C(N=C3N=C(N)c4ccccc43)c3ccccc32)c2ccccc21. The van der Waals surface area contributed by atoms with Crippen LogP contribution in [0.25, 0.3) is 0 Å². The Morgan fingerprint density at radius 3 is 1.68 bits per heavy atom. The Bertz CT molecular complexity index is 1450. The van der Waals surface area contributed by atoms with Crippen LogP contribution in [-0.4, -0.2) is 35.0 Å². The van der Waals surface area contributed by atoms with Gasteiger partial charge >= 0.3 is 0 Å². The molecule has 3 heterocycles. The van der Waals surface area contributed by atoms with E-state index in [4.69, 9.17) is 26.1 Å². The molecule has 7 nitrogen and oxygen atoms in total. The zero-order valence-electron chi connectivity index (χ0n) is 16.2. The summed E-state index contributed by atoms with van der Waals surface area (Å²) in [6.45, 7) is 0. The van der Waals surface area contributed by atoms with Crippen LogP contribution >= 0.6 is 0 Å². The lowest BCUT2D eigenvalue weighted by Gasteiger charge is -2.00. The van der Waals surface area contributed by atoms with Crippen molar-refractivity contribution in [1.82, 2.24) is 0 Å². The van der Waals surface area contributed by atoms with Gasteiger partial charge in [-0.2, -0.15) is 0 Å². The van der Waals surface area contributed by atoms with Crippen molar-refractivity contribution >= 4 is 35.0 Å². The molecule has 146 valence electrons. The quantitative estimate of drug-likeness (QED) is 0.592. The molecule has 0 fully saturated rings. The van der Waals surface area contributed by atoms with Gasteiger partial charge in [0, 0.05) is 33.4 Å². The summed E-state index contributed by atoms with van der Waals surface area (Å²) in [6.07, 6.45) is 0. The normalized spacial score (nSPS) is 18.6. The van der Waals surface area contributed by atoms with Crippen LogP contribution < -0.4 is 5.73 Å². The number of hydrogen-bond acceptors (Lipinski definition) is 4. The molecule has 3 aliphatic rings. The number of hydrogen-bond donors (Lipinski definition) is 2. The molecule has 31 heavy (non-hydrogen) atoms. The Kier molecular flexibility index (Phi) is 3.64. The van der Waals surface area contributed by atoms with Crippen LogP contribution in [-0.2, 0) is 0 Å². The van der Waals surface area contributed by atoms with Crippen LogP contribution in [0.5, 0.6) is 0 Å². The van der Waals surface area contributed by atoms with E-state index in [0.717, 1.165) is 33.4 Å². The lowest BCUT2D eigenvalue weighted by Crippen LogP contribution is -2.09. The summed E-state index contributed by atoms with van der Waals surface area (Å²) in [7, 11) is 0. The Morgan fingerprint density at radius 2 is 1.00 bits per heavy atom. The fraction of sp³-hybridized carbons (Fsp3) is 0. The van der Waals surface area contributed by atoms with E-state index in [-0.39, 0.29) is 5.84 Å². The third-order valence-corrected chi connectivity index (χ3v) is 5.36. The van der Waals surface area contributed by atoms with Crippen molar-refractivity contribution < 1.29 is 0 Å². The first-order chi connectivity index (χ1) is 15.2. The van der Waals surface area contributed by atoms with Crippen LogP contribution in [0.4, 0.5) is 0 Å². The third kappa shape index (κ3) is 2.67. The molecule has 0 saturated heterocycles. The molecule has 7 heteroatoms. The highest BCUT2D eigenvalue weighted by molar-refractivity contribution is 6.31. The molecule has 0 unspecified atom stereocenters. The summed E-state index contributed by atoms with van der Waals surface area (Å²) >= 11 is 0. The molecule has 6 rings (SSSR count). The van der Waals surface area contributed by atoms with Crippen molar-refractivity contribution in [3.05, 3.63) is 106 Å². The highest BCUT2D eigenvalue weighted by Gasteiger charge is 2.26. The molecule has 0 amide bonds. The van der Waals surface area contributed by atoms with E-state index in [2.05, 4.69) is 9.98 Å². The molecule has 0 radical (unpaired) electrons. The number of nitrogens with two attached hydrogens (primary N) is 1. The third-order valence-electron chi connectivity index (χ3n) is 5.36. The molecule has 0 bridgehead atoms. The first-order valence-electron chi connectivity index (χ1n) is 9.76. The Labute approximate surface area is 177 Å². The highest BCUT2D eigenvalue weighted by Crippen LogP contribution is 2.25. The lowest BCUT2D eigenvalue weighted by atomic mass is 10.1. The number of nitrogens with zero attached hydrogens (tertiary/aromatic N) is 5. The maximum Gasteiger partial charge on any atom is 0.164 e. The first kappa shape index (κ1) is 17.3. The standard InChI is InChI=1S/C24H15N7/c25-19-13-7-1-3-9-15(13)21(27-19)29-23-17-11-5-6-12-18(17)24(31-23)30-22-16-10-4-2-8-14(16)20(26)28-22/h1-12H,(H3,25,26,27,28,29,30,31). The van der Waals surface area contributed by atoms with Gasteiger partial charge in [-0.15, -0.1) is 0 Å². The fourth-order valence-corrected chi connectivity index (χ4v) is 3.88. The summed E-state index contributed by atoms with van der Waals surface area (Å²) in [4.78, 5) is 22.9. The molecule has 3 N–H and O–H groups in total. The average molecular weight is 401 g/mol. The van der Waals surface area contributed by atoms with E-state index in [0.29, 0.717) is 29.2 Å². The largest absolute Gasteiger partial charge is 0.383 e. The lowest BCUT2D eigenvalue weighted by molar-refractivity contribution is 1.44. The first-order valence-corrected chi connectivity index (χ1v) is 9.76. The van der Waals surface area contributed by atoms with Gasteiger partial charge in [-0.1, -0.05) is 72.8 Å². The van der Waals surface area contributed by atoms with Gasteiger partial charge < -0.3 is 5.73 Å². The van der Waals surface area contributed by atoms with Crippen LogP contribution in [0, 0.1) is 5.41 Å². The minimum atomic E-state index is 0.207. The average Bonchev–Trinajstić information content (AvgIpc) is 3.42. The van der Waals surface area contributed by atoms with Gasteiger partial charge in [-0.25, -0.2) is 25.0 Å². The summed E-state index contributed by atoms with van der Waals surface area (Å²) < 4.78 is 0. The Morgan fingerprint density at radius 1 is 0.548 bits per heavy atom. The summed E-state index contributed by atoms with van der Waals surface area (Å²) in [5, 5.41) is 8.12. The number of rotatable bonds is 0. The van der Waals surface area contributed by atoms with Crippen molar-refractivity contribution in [3.63, 3.8) is 0 Å². The Balaban J connectivity index is 1.47. The van der Waals surface area contributed by atoms with Gasteiger partial charge in [0.1, 0.15) is 5.84 Å². The minimum Gasteiger partial charge on any atom is -0.383 e. The molecule has 3 aromatic carbocycles. The number of benzene rings is 3. The van der Waals surface area contributed by atoms with Crippen LogP contribution in [0.2, 0.25) is 0 Å². The van der Waals surface area contributed by atoms with Crippen LogP contribution in [0.15, 0.2) is 97.8 Å². The maximum atomic E-state index is 8.12. The molecule has 0 spiro atoms. The van der Waals surface area contributed by atoms with Crippen molar-refractivity contribution in [3.8, 4) is 0 Å². The molecule has 0 saturated carbocycles. The van der Waals surface area contributed by atoms with E-state index >= 15 is 0 Å². The molecular weight excluding hydrogens is 386 g/mol. The van der Waals surface area contributed by atoms with E-state index in [1.54, 1.807) is 0 Å². The monoisotopic (exact) mass is 401 g/mol. The molecule has 0 aromatic heterocycles. The number of fused-ring (bicyclic) bond motifs is 3. The predicted molar refractivity (Wildman–Crippen MR) is 123 cm³/mol. The van der Waals surface area contributed by atoms with Gasteiger partial charge in [-0.3, -0.25) is 5.41 Å². The van der Waals surface area contributed by atoms with E-state index in [1.807, 2.05) is 72.8 Å². The summed E-state index contributed by atoms with van der Waals surface area (Å²) in [6, 6.07) is 23.1. The van der Waals surface area contributed by atoms with Gasteiger partial charge in [0.15, 0.2) is 29.2 Å². The van der Waals surface area contributed by atoms with Gasteiger partial charge in [0.05, 0.1) is 0 Å². The molecule has 0 atom stereocenters. The fourth-order valence-electron chi connectivity index (χ4n) is 3.88. The maximum absolute atomic E-state index is 8.12. The van der Waals surface area contributed by atoms with Crippen molar-refractivity contribution in [2.75, 3.05) is 0 Å². The van der Waals surface area contributed by atoms with Crippen molar-refractivity contribution in [1.29, 1.82) is 5.41 Å². The number of amidine groups is 6. The second-order valence-electron chi connectivity index (χ2n) is 7.22. The minimum absolute atomic E-state index is 0.207. The van der Waals surface area contributed by atoms with Gasteiger partial charge in [0.25, 0.3) is 0 Å². The van der Waals surface area contributed by atoms with E-state index in [1.165, 1.54) is 0 Å². The van der Waals surface area contributed by atoms with Crippen molar-refractivity contribution in [2.24, 2.45) is 30.7 Å². The molecule has 0 aliphatic carbocycles. The summed E-state index contributed by atoms with van der Waals surface area (Å²) in [5.74, 6) is 2.72.